The van der Waals surface area contributed by atoms with E-state index in [-0.39, 0.29) is 17.0 Å². The van der Waals surface area contributed by atoms with Crippen LogP contribution in [0.2, 0.25) is 0 Å². The molecule has 0 rings (SSSR count). The first-order valence-electron chi connectivity index (χ1n) is 3.07. The number of ether oxygens (including phenoxy) is 1. The van der Waals surface area contributed by atoms with Crippen molar-refractivity contribution in [1.29, 1.82) is 0 Å². The van der Waals surface area contributed by atoms with Crippen LogP contribution in [-0.2, 0) is 14.3 Å². The van der Waals surface area contributed by atoms with E-state index >= 15 is 0 Å². The lowest BCUT2D eigenvalue weighted by Crippen LogP contribution is -2.40. The molecule has 0 unspecified atom stereocenters. The molecule has 0 aliphatic rings. The Morgan fingerprint density at radius 1 is 1.50 bits per heavy atom. The zero-order chi connectivity index (χ0) is 9.02. The van der Waals surface area contributed by atoms with Gasteiger partial charge in [-0.15, -0.1) is 17.0 Å². The first-order valence-corrected chi connectivity index (χ1v) is 3.07. The summed E-state index contributed by atoms with van der Waals surface area (Å²) in [5.74, 6) is -2.62. The summed E-state index contributed by atoms with van der Waals surface area (Å²) in [5, 5.41) is 8.36. The van der Waals surface area contributed by atoms with Crippen LogP contribution in [0.3, 0.4) is 0 Å². The molecule has 0 amide bonds. The Balaban J connectivity index is 0. The summed E-state index contributed by atoms with van der Waals surface area (Å²) in [6.45, 7) is 1.41. The van der Waals surface area contributed by atoms with Gasteiger partial charge < -0.3 is 15.6 Å². The highest BCUT2D eigenvalue weighted by molar-refractivity contribution is 8.93. The molecule has 0 spiro atoms. The molecule has 3 N–H and O–H groups in total. The summed E-state index contributed by atoms with van der Waals surface area (Å²) in [6.07, 6.45) is 0. The van der Waals surface area contributed by atoms with E-state index in [9.17, 15) is 9.59 Å². The second kappa shape index (κ2) is 5.96. The van der Waals surface area contributed by atoms with Gasteiger partial charge in [0.25, 0.3) is 0 Å². The Labute approximate surface area is 80.6 Å². The molecule has 12 heavy (non-hydrogen) atoms. The topological polar surface area (TPSA) is 89.6 Å². The van der Waals surface area contributed by atoms with Crippen LogP contribution in [0, 0.1) is 5.92 Å². The van der Waals surface area contributed by atoms with Crippen LogP contribution in [0.5, 0.6) is 0 Å². The number of hydrogen-bond acceptors (Lipinski definition) is 4. The van der Waals surface area contributed by atoms with E-state index in [0.29, 0.717) is 0 Å². The fraction of sp³-hybridized carbons (Fsp3) is 0.667. The van der Waals surface area contributed by atoms with E-state index in [1.165, 1.54) is 14.0 Å². The second-order valence-electron chi connectivity index (χ2n) is 2.18. The van der Waals surface area contributed by atoms with Gasteiger partial charge in [-0.1, -0.05) is 0 Å². The van der Waals surface area contributed by atoms with Gasteiger partial charge >= 0.3 is 11.9 Å². The first-order chi connectivity index (χ1) is 5.00. The third-order valence-corrected chi connectivity index (χ3v) is 1.40. The third-order valence-electron chi connectivity index (χ3n) is 1.40. The number of hydrogen-bond donors (Lipinski definition) is 2. The standard InChI is InChI=1S/C6H11NO4.BrH/c1-3(6(10)11-2)4(7)5(8)9;/h3-4H,7H2,1-2H3,(H,8,9);1H/t3-,4-;/m0./s1. The van der Waals surface area contributed by atoms with Gasteiger partial charge in [0, 0.05) is 0 Å². The van der Waals surface area contributed by atoms with Gasteiger partial charge in [-0.25, -0.2) is 0 Å². The van der Waals surface area contributed by atoms with Crippen LogP contribution < -0.4 is 5.73 Å². The SMILES string of the molecule is Br.COC(=O)[C@@H](C)[C@H](N)C(=O)O. The highest BCUT2D eigenvalue weighted by Gasteiger charge is 2.26. The normalized spacial score (nSPS) is 13.9. The average molecular weight is 242 g/mol. The fourth-order valence-electron chi connectivity index (χ4n) is 0.546. The number of carbonyl (C=O) groups excluding carboxylic acids is 1. The monoisotopic (exact) mass is 241 g/mol. The molecular weight excluding hydrogens is 230 g/mol. The number of rotatable bonds is 3. The lowest BCUT2D eigenvalue weighted by molar-refractivity contribution is -0.151. The third kappa shape index (κ3) is 3.68. The molecule has 0 aliphatic heterocycles. The number of aliphatic carboxylic acids is 1. The molecule has 0 aromatic carbocycles. The zero-order valence-electron chi connectivity index (χ0n) is 6.81. The summed E-state index contributed by atoms with van der Waals surface area (Å²) >= 11 is 0. The fourth-order valence-corrected chi connectivity index (χ4v) is 0.546. The number of carboxylic acid groups (broad SMARTS) is 1. The van der Waals surface area contributed by atoms with E-state index in [0.717, 1.165) is 0 Å². The zero-order valence-corrected chi connectivity index (χ0v) is 8.53. The first kappa shape index (κ1) is 13.9. The second-order valence-corrected chi connectivity index (χ2v) is 2.18. The molecule has 0 fully saturated rings. The molecule has 2 atom stereocenters. The Hall–Kier alpha value is -0.620. The van der Waals surface area contributed by atoms with Crippen LogP contribution in [-0.4, -0.2) is 30.2 Å². The molecule has 0 heterocycles. The molecule has 0 radical (unpaired) electrons. The minimum Gasteiger partial charge on any atom is -0.480 e. The summed E-state index contributed by atoms with van der Waals surface area (Å²) in [7, 11) is 1.19. The summed E-state index contributed by atoms with van der Waals surface area (Å²) in [4.78, 5) is 20.9. The van der Waals surface area contributed by atoms with Crippen molar-refractivity contribution < 1.29 is 19.4 Å². The molecule has 6 heteroatoms. The van der Waals surface area contributed by atoms with Crippen LogP contribution in [0.4, 0.5) is 0 Å². The molecule has 0 aromatic rings. The van der Waals surface area contributed by atoms with Crippen LogP contribution >= 0.6 is 17.0 Å². The van der Waals surface area contributed by atoms with E-state index in [1.807, 2.05) is 0 Å². The highest BCUT2D eigenvalue weighted by Crippen LogP contribution is 2.02. The van der Waals surface area contributed by atoms with Gasteiger partial charge in [-0.05, 0) is 6.92 Å². The Bertz CT molecular complexity index is 173. The van der Waals surface area contributed by atoms with Crippen molar-refractivity contribution in [2.75, 3.05) is 7.11 Å². The number of esters is 1. The van der Waals surface area contributed by atoms with Gasteiger partial charge in [-0.3, -0.25) is 9.59 Å². The van der Waals surface area contributed by atoms with Crippen molar-refractivity contribution >= 4 is 28.9 Å². The van der Waals surface area contributed by atoms with Crippen molar-refractivity contribution in [2.45, 2.75) is 13.0 Å². The average Bonchev–Trinajstić information content (AvgIpc) is 2.00. The van der Waals surface area contributed by atoms with Crippen molar-refractivity contribution in [1.82, 2.24) is 0 Å². The van der Waals surface area contributed by atoms with E-state index in [2.05, 4.69) is 4.74 Å². The Morgan fingerprint density at radius 3 is 2.17 bits per heavy atom. The molecular formula is C6H12BrNO4. The Morgan fingerprint density at radius 2 is 1.92 bits per heavy atom. The molecule has 0 bridgehead atoms. The van der Waals surface area contributed by atoms with Gasteiger partial charge in [0.2, 0.25) is 0 Å². The lowest BCUT2D eigenvalue weighted by Gasteiger charge is -2.12. The predicted molar refractivity (Wildman–Crippen MR) is 47.1 cm³/mol. The highest BCUT2D eigenvalue weighted by atomic mass is 79.9. The largest absolute Gasteiger partial charge is 0.480 e. The van der Waals surface area contributed by atoms with E-state index in [1.54, 1.807) is 0 Å². The molecule has 0 saturated carbocycles. The lowest BCUT2D eigenvalue weighted by atomic mass is 10.0. The summed E-state index contributed by atoms with van der Waals surface area (Å²) in [6, 6.07) is -1.19. The van der Waals surface area contributed by atoms with Crippen LogP contribution in [0.1, 0.15) is 6.92 Å². The number of methoxy groups -OCH3 is 1. The van der Waals surface area contributed by atoms with Gasteiger partial charge in [-0.2, -0.15) is 0 Å². The van der Waals surface area contributed by atoms with E-state index in [4.69, 9.17) is 10.8 Å². The van der Waals surface area contributed by atoms with Gasteiger partial charge in [0.05, 0.1) is 13.0 Å². The minimum absolute atomic E-state index is 0. The quantitative estimate of drug-likeness (QED) is 0.668. The van der Waals surface area contributed by atoms with Crippen molar-refractivity contribution in [3.05, 3.63) is 0 Å². The summed E-state index contributed by atoms with van der Waals surface area (Å²) in [5.41, 5.74) is 5.14. The van der Waals surface area contributed by atoms with Crippen molar-refractivity contribution in [2.24, 2.45) is 11.7 Å². The molecule has 0 saturated heterocycles. The van der Waals surface area contributed by atoms with Crippen LogP contribution in [0.15, 0.2) is 0 Å². The maximum Gasteiger partial charge on any atom is 0.321 e. The number of halogens is 1. The minimum atomic E-state index is -1.21. The molecule has 0 aromatic heterocycles. The molecule has 5 nitrogen and oxygen atoms in total. The van der Waals surface area contributed by atoms with Crippen LogP contribution in [0.25, 0.3) is 0 Å². The maximum absolute atomic E-state index is 10.7. The number of nitrogens with two attached hydrogens (primary N) is 1. The van der Waals surface area contributed by atoms with Crippen molar-refractivity contribution in [3.8, 4) is 0 Å². The van der Waals surface area contributed by atoms with Gasteiger partial charge in [0.15, 0.2) is 0 Å². The number of carbonyl (C=O) groups is 2. The molecule has 72 valence electrons. The smallest absolute Gasteiger partial charge is 0.321 e. The predicted octanol–water partition coefficient (Wildman–Crippen LogP) is -0.215. The Kier molecular flexibility index (Phi) is 6.92. The van der Waals surface area contributed by atoms with Crippen molar-refractivity contribution in [3.63, 3.8) is 0 Å². The summed E-state index contributed by atoms with van der Waals surface area (Å²) < 4.78 is 4.30. The number of carboxylic acids is 1. The molecule has 0 aliphatic carbocycles. The maximum atomic E-state index is 10.7. The van der Waals surface area contributed by atoms with E-state index < -0.39 is 23.9 Å². The van der Waals surface area contributed by atoms with Gasteiger partial charge in [0.1, 0.15) is 6.04 Å².